The number of anilines is 1. The van der Waals surface area contributed by atoms with E-state index < -0.39 is 23.2 Å². The van der Waals surface area contributed by atoms with Crippen LogP contribution in [0.25, 0.3) is 0 Å². The van der Waals surface area contributed by atoms with Gasteiger partial charge in [0.05, 0.1) is 11.3 Å². The van der Waals surface area contributed by atoms with Gasteiger partial charge in [-0.05, 0) is 32.4 Å². The third-order valence-corrected chi connectivity index (χ3v) is 4.24. The van der Waals surface area contributed by atoms with Crippen LogP contribution in [-0.4, -0.2) is 41.7 Å². The minimum Gasteiger partial charge on any atom is -0.478 e. The summed E-state index contributed by atoms with van der Waals surface area (Å²) in [4.78, 5) is 13.2. The Kier molecular flexibility index (Phi) is 4.46. The standard InChI is InChI=1S/C15H20F2N2O2/c1-8-7-19(3)9(2)4-13(8)18-14-5-10(15(20)21)11(16)6-12(14)17/h5-6,8-9,13,18H,4,7H2,1-3H3,(H,20,21). The molecule has 1 aliphatic rings. The first-order valence-corrected chi connectivity index (χ1v) is 6.98. The molecule has 1 aliphatic heterocycles. The lowest BCUT2D eigenvalue weighted by atomic mass is 9.89. The summed E-state index contributed by atoms with van der Waals surface area (Å²) in [5.74, 6) is -2.95. The molecule has 6 heteroatoms. The number of benzene rings is 1. The summed E-state index contributed by atoms with van der Waals surface area (Å²) >= 11 is 0. The average Bonchev–Trinajstić information content (AvgIpc) is 2.38. The van der Waals surface area contributed by atoms with Gasteiger partial charge in [-0.2, -0.15) is 0 Å². The highest BCUT2D eigenvalue weighted by molar-refractivity contribution is 5.89. The Morgan fingerprint density at radius 2 is 2.00 bits per heavy atom. The Bertz CT molecular complexity index is 551. The van der Waals surface area contributed by atoms with Crippen molar-refractivity contribution in [3.8, 4) is 0 Å². The Morgan fingerprint density at radius 1 is 1.33 bits per heavy atom. The Labute approximate surface area is 122 Å². The largest absolute Gasteiger partial charge is 0.478 e. The zero-order chi connectivity index (χ0) is 15.7. The van der Waals surface area contributed by atoms with Crippen molar-refractivity contribution >= 4 is 11.7 Å². The smallest absolute Gasteiger partial charge is 0.338 e. The van der Waals surface area contributed by atoms with E-state index in [4.69, 9.17) is 5.11 Å². The van der Waals surface area contributed by atoms with Gasteiger partial charge in [0.15, 0.2) is 0 Å². The normalized spacial score (nSPS) is 26.6. The number of hydrogen-bond donors (Lipinski definition) is 2. The van der Waals surface area contributed by atoms with Crippen molar-refractivity contribution in [2.24, 2.45) is 5.92 Å². The topological polar surface area (TPSA) is 52.6 Å². The van der Waals surface area contributed by atoms with Crippen LogP contribution in [0.5, 0.6) is 0 Å². The Morgan fingerprint density at radius 3 is 2.62 bits per heavy atom. The number of aromatic carboxylic acids is 1. The highest BCUT2D eigenvalue weighted by Crippen LogP contribution is 2.27. The SMILES string of the molecule is CC1CN(C)C(C)CC1Nc1cc(C(=O)O)c(F)cc1F. The van der Waals surface area contributed by atoms with E-state index in [2.05, 4.69) is 24.1 Å². The molecule has 1 aromatic rings. The number of carboxylic acid groups (broad SMARTS) is 1. The molecule has 116 valence electrons. The second-order valence-electron chi connectivity index (χ2n) is 5.87. The van der Waals surface area contributed by atoms with Crippen molar-refractivity contribution in [2.45, 2.75) is 32.4 Å². The first kappa shape index (κ1) is 15.7. The molecule has 3 unspecified atom stereocenters. The van der Waals surface area contributed by atoms with Gasteiger partial charge in [0.1, 0.15) is 11.6 Å². The Balaban J connectivity index is 2.23. The molecule has 1 aromatic carbocycles. The van der Waals surface area contributed by atoms with E-state index in [1.165, 1.54) is 0 Å². The number of nitrogens with zero attached hydrogens (tertiary/aromatic N) is 1. The summed E-state index contributed by atoms with van der Waals surface area (Å²) < 4.78 is 27.2. The van der Waals surface area contributed by atoms with E-state index in [0.717, 1.165) is 19.0 Å². The molecule has 4 nitrogen and oxygen atoms in total. The van der Waals surface area contributed by atoms with Crippen molar-refractivity contribution in [3.63, 3.8) is 0 Å². The van der Waals surface area contributed by atoms with Crippen LogP contribution in [0, 0.1) is 17.6 Å². The zero-order valence-electron chi connectivity index (χ0n) is 12.4. The van der Waals surface area contributed by atoms with Crippen LogP contribution in [-0.2, 0) is 0 Å². The molecule has 0 aliphatic carbocycles. The third-order valence-electron chi connectivity index (χ3n) is 4.24. The average molecular weight is 298 g/mol. The van der Waals surface area contributed by atoms with Gasteiger partial charge in [0.25, 0.3) is 0 Å². The summed E-state index contributed by atoms with van der Waals surface area (Å²) in [6.45, 7) is 5.01. The molecule has 1 fully saturated rings. The maximum Gasteiger partial charge on any atom is 0.338 e. The first-order chi connectivity index (χ1) is 9.79. The van der Waals surface area contributed by atoms with Crippen molar-refractivity contribution < 1.29 is 18.7 Å². The summed E-state index contributed by atoms with van der Waals surface area (Å²) in [5, 5.41) is 12.0. The molecular weight excluding hydrogens is 278 g/mol. The fourth-order valence-corrected chi connectivity index (χ4v) is 2.77. The molecular formula is C15H20F2N2O2. The predicted octanol–water partition coefficient (Wildman–Crippen LogP) is 2.80. The van der Waals surface area contributed by atoms with Gasteiger partial charge >= 0.3 is 5.97 Å². The lowest BCUT2D eigenvalue weighted by Crippen LogP contribution is -2.48. The number of carbonyl (C=O) groups is 1. The summed E-state index contributed by atoms with van der Waals surface area (Å²) in [6.07, 6.45) is 0.816. The van der Waals surface area contributed by atoms with Crippen LogP contribution in [0.1, 0.15) is 30.6 Å². The third kappa shape index (κ3) is 3.32. The summed E-state index contributed by atoms with van der Waals surface area (Å²) in [5.41, 5.74) is -0.477. The van der Waals surface area contributed by atoms with Crippen molar-refractivity contribution in [1.82, 2.24) is 4.90 Å². The molecule has 21 heavy (non-hydrogen) atoms. The Hall–Kier alpha value is -1.69. The molecule has 0 bridgehead atoms. The van der Waals surface area contributed by atoms with Gasteiger partial charge in [0.2, 0.25) is 0 Å². The van der Waals surface area contributed by atoms with Crippen molar-refractivity contribution in [2.75, 3.05) is 18.9 Å². The van der Waals surface area contributed by atoms with Gasteiger partial charge < -0.3 is 15.3 Å². The van der Waals surface area contributed by atoms with Gasteiger partial charge in [-0.25, -0.2) is 13.6 Å². The summed E-state index contributed by atoms with van der Waals surface area (Å²) in [6, 6.07) is 2.02. The van der Waals surface area contributed by atoms with Crippen LogP contribution >= 0.6 is 0 Å². The number of piperidine rings is 1. The monoisotopic (exact) mass is 298 g/mol. The molecule has 2 rings (SSSR count). The van der Waals surface area contributed by atoms with Crippen LogP contribution in [0.15, 0.2) is 12.1 Å². The molecule has 0 radical (unpaired) electrons. The van der Waals surface area contributed by atoms with Crippen LogP contribution in [0.3, 0.4) is 0 Å². The van der Waals surface area contributed by atoms with Crippen LogP contribution < -0.4 is 5.32 Å². The maximum atomic E-state index is 13.8. The molecule has 1 saturated heterocycles. The van der Waals surface area contributed by atoms with E-state index in [1.807, 2.05) is 7.05 Å². The minimum absolute atomic E-state index is 0.0257. The molecule has 0 spiro atoms. The number of nitrogens with one attached hydrogen (secondary N) is 1. The van der Waals surface area contributed by atoms with Crippen LogP contribution in [0.2, 0.25) is 0 Å². The van der Waals surface area contributed by atoms with Gasteiger partial charge in [-0.1, -0.05) is 6.92 Å². The molecule has 0 aromatic heterocycles. The van der Waals surface area contributed by atoms with Crippen molar-refractivity contribution in [1.29, 1.82) is 0 Å². The zero-order valence-corrected chi connectivity index (χ0v) is 12.4. The van der Waals surface area contributed by atoms with E-state index in [-0.39, 0.29) is 17.6 Å². The number of hydrogen-bond acceptors (Lipinski definition) is 3. The molecule has 3 atom stereocenters. The summed E-state index contributed by atoms with van der Waals surface area (Å²) in [7, 11) is 2.04. The second-order valence-corrected chi connectivity index (χ2v) is 5.87. The number of rotatable bonds is 3. The molecule has 2 N–H and O–H groups in total. The van der Waals surface area contributed by atoms with E-state index >= 15 is 0 Å². The van der Waals surface area contributed by atoms with E-state index in [9.17, 15) is 13.6 Å². The van der Waals surface area contributed by atoms with Crippen LogP contribution in [0.4, 0.5) is 14.5 Å². The fourth-order valence-electron chi connectivity index (χ4n) is 2.77. The molecule has 1 heterocycles. The van der Waals surface area contributed by atoms with Gasteiger partial charge in [0, 0.05) is 24.7 Å². The highest BCUT2D eigenvalue weighted by Gasteiger charge is 2.29. The van der Waals surface area contributed by atoms with E-state index in [1.54, 1.807) is 0 Å². The highest BCUT2D eigenvalue weighted by atomic mass is 19.1. The number of carboxylic acids is 1. The minimum atomic E-state index is -1.40. The van der Waals surface area contributed by atoms with E-state index in [0.29, 0.717) is 12.1 Å². The molecule has 0 saturated carbocycles. The lowest BCUT2D eigenvalue weighted by molar-refractivity contribution is 0.0692. The van der Waals surface area contributed by atoms with Crippen molar-refractivity contribution in [3.05, 3.63) is 29.3 Å². The number of likely N-dealkylation sites (tertiary alicyclic amines) is 1. The molecule has 0 amide bonds. The first-order valence-electron chi connectivity index (χ1n) is 6.98. The quantitative estimate of drug-likeness (QED) is 0.901. The maximum absolute atomic E-state index is 13.8. The second kappa shape index (κ2) is 5.97. The predicted molar refractivity (Wildman–Crippen MR) is 76.6 cm³/mol. The van der Waals surface area contributed by atoms with Gasteiger partial charge in [-0.3, -0.25) is 0 Å². The number of halogens is 2. The fraction of sp³-hybridized carbons (Fsp3) is 0.533. The van der Waals surface area contributed by atoms with Gasteiger partial charge in [-0.15, -0.1) is 0 Å². The lowest BCUT2D eigenvalue weighted by Gasteiger charge is -2.40.